The summed E-state index contributed by atoms with van der Waals surface area (Å²) in [5.74, 6) is -5.64. The highest BCUT2D eigenvalue weighted by molar-refractivity contribution is 5.97. The molecule has 0 unspecified atom stereocenters. The molecule has 0 radical (unpaired) electrons. The Morgan fingerprint density at radius 3 is 2.45 bits per heavy atom. The highest BCUT2D eigenvalue weighted by Crippen LogP contribution is 2.26. The lowest BCUT2D eigenvalue weighted by molar-refractivity contribution is 0.0355. The van der Waals surface area contributed by atoms with Gasteiger partial charge in [0.1, 0.15) is 23.0 Å². The number of methoxy groups -OCH3 is 1. The lowest BCUT2D eigenvalue weighted by Crippen LogP contribution is -2.33. The highest BCUT2D eigenvalue weighted by atomic mass is 19.1. The molecule has 1 aromatic carbocycles. The average Bonchev–Trinajstić information content (AvgIpc) is 3.26. The Balaban J connectivity index is 2.01. The predicted octanol–water partition coefficient (Wildman–Crippen LogP) is 2.73. The largest absolute Gasteiger partial charge is 0.491 e. The fraction of sp³-hybridized carbons (Fsp3) is 0.409. The Bertz CT molecular complexity index is 1100. The number of aromatic nitrogens is 1. The number of esters is 1. The number of carbonyl (C=O) groups excluding carboxylic acids is 2. The number of hydrogen-bond acceptors (Lipinski definition) is 6. The second-order valence-corrected chi connectivity index (χ2v) is 7.66. The lowest BCUT2D eigenvalue weighted by Gasteiger charge is -2.22. The molecule has 1 saturated heterocycles. The van der Waals surface area contributed by atoms with Crippen molar-refractivity contribution >= 4 is 11.9 Å². The molecular formula is C22H23F3N2O6. The van der Waals surface area contributed by atoms with E-state index in [0.29, 0.717) is 25.2 Å². The monoisotopic (exact) mass is 468 g/mol. The molecule has 0 aliphatic carbocycles. The first kappa shape index (κ1) is 24.3. The number of amides is 1. The van der Waals surface area contributed by atoms with Gasteiger partial charge in [-0.3, -0.25) is 9.59 Å². The van der Waals surface area contributed by atoms with Gasteiger partial charge in [-0.25, -0.2) is 18.0 Å². The van der Waals surface area contributed by atoms with Crippen molar-refractivity contribution < 1.29 is 37.0 Å². The molecule has 2 aromatic rings. The molecular weight excluding hydrogens is 445 g/mol. The zero-order valence-electron chi connectivity index (χ0n) is 18.2. The fourth-order valence-electron chi connectivity index (χ4n) is 3.46. The van der Waals surface area contributed by atoms with Crippen molar-refractivity contribution in [3.63, 3.8) is 0 Å². The topological polar surface area (TPSA) is 95.9 Å². The molecule has 0 bridgehead atoms. The van der Waals surface area contributed by atoms with E-state index < -0.39 is 64.3 Å². The van der Waals surface area contributed by atoms with Crippen molar-refractivity contribution in [2.24, 2.45) is 0 Å². The van der Waals surface area contributed by atoms with Gasteiger partial charge in [0.05, 0.1) is 25.9 Å². The van der Waals surface area contributed by atoms with E-state index in [2.05, 4.69) is 5.32 Å². The number of ether oxygens (including phenoxy) is 3. The third-order valence-corrected chi connectivity index (χ3v) is 5.01. The van der Waals surface area contributed by atoms with Crippen LogP contribution in [-0.2, 0) is 16.0 Å². The second-order valence-electron chi connectivity index (χ2n) is 7.66. The molecule has 1 atom stereocenters. The van der Waals surface area contributed by atoms with E-state index in [-0.39, 0.29) is 18.3 Å². The van der Waals surface area contributed by atoms with Crippen LogP contribution in [0.3, 0.4) is 0 Å². The maximum absolute atomic E-state index is 13.9. The number of nitrogens with one attached hydrogen (secondary N) is 1. The zero-order valence-corrected chi connectivity index (χ0v) is 18.2. The zero-order chi connectivity index (χ0) is 24.3. The summed E-state index contributed by atoms with van der Waals surface area (Å²) in [6, 6.07) is 0.582. The number of rotatable bonds is 7. The summed E-state index contributed by atoms with van der Waals surface area (Å²) < 4.78 is 58.1. The number of benzene rings is 1. The molecule has 0 saturated carbocycles. The van der Waals surface area contributed by atoms with E-state index in [1.54, 1.807) is 13.8 Å². The van der Waals surface area contributed by atoms with E-state index in [4.69, 9.17) is 14.2 Å². The first-order valence-electron chi connectivity index (χ1n) is 10.2. The van der Waals surface area contributed by atoms with Crippen LogP contribution >= 0.6 is 0 Å². The van der Waals surface area contributed by atoms with Crippen LogP contribution in [0, 0.1) is 17.5 Å². The molecule has 2 heterocycles. The van der Waals surface area contributed by atoms with Crippen LogP contribution in [0.5, 0.6) is 5.75 Å². The van der Waals surface area contributed by atoms with E-state index >= 15 is 0 Å². The predicted molar refractivity (Wildman–Crippen MR) is 110 cm³/mol. The third kappa shape index (κ3) is 5.19. The molecule has 1 aromatic heterocycles. The maximum Gasteiger partial charge on any atom is 0.359 e. The Morgan fingerprint density at radius 2 is 1.91 bits per heavy atom. The minimum atomic E-state index is -1.18. The van der Waals surface area contributed by atoms with Gasteiger partial charge < -0.3 is 24.1 Å². The summed E-state index contributed by atoms with van der Waals surface area (Å²) in [6.07, 6.45) is 1.20. The average molecular weight is 468 g/mol. The van der Waals surface area contributed by atoms with Crippen molar-refractivity contribution in [1.82, 2.24) is 9.88 Å². The smallest absolute Gasteiger partial charge is 0.359 e. The molecule has 178 valence electrons. The molecule has 1 aliphatic heterocycles. The van der Waals surface area contributed by atoms with Crippen molar-refractivity contribution in [2.45, 2.75) is 39.0 Å². The summed E-state index contributed by atoms with van der Waals surface area (Å²) in [4.78, 5) is 38.5. The Morgan fingerprint density at radius 1 is 1.24 bits per heavy atom. The van der Waals surface area contributed by atoms with Crippen molar-refractivity contribution in [2.75, 3.05) is 20.3 Å². The van der Waals surface area contributed by atoms with Crippen molar-refractivity contribution in [1.29, 1.82) is 0 Å². The third-order valence-electron chi connectivity index (χ3n) is 5.01. The number of carbonyl (C=O) groups is 2. The molecule has 3 rings (SSSR count). The van der Waals surface area contributed by atoms with Crippen LogP contribution in [0.1, 0.15) is 52.7 Å². The van der Waals surface area contributed by atoms with Crippen molar-refractivity contribution in [3.8, 4) is 5.75 Å². The van der Waals surface area contributed by atoms with Gasteiger partial charge in [-0.2, -0.15) is 0 Å². The molecule has 8 nitrogen and oxygen atoms in total. The summed E-state index contributed by atoms with van der Waals surface area (Å²) in [6.45, 7) is 3.27. The lowest BCUT2D eigenvalue weighted by atomic mass is 10.1. The van der Waals surface area contributed by atoms with E-state index in [1.165, 1.54) is 17.9 Å². The molecule has 1 N–H and O–H groups in total. The van der Waals surface area contributed by atoms with Crippen molar-refractivity contribution in [3.05, 3.63) is 62.8 Å². The Hall–Kier alpha value is -3.34. The number of nitrogens with zero attached hydrogens (tertiary/aromatic N) is 1. The van der Waals surface area contributed by atoms with Gasteiger partial charge in [0.15, 0.2) is 11.4 Å². The van der Waals surface area contributed by atoms with Gasteiger partial charge in [0.2, 0.25) is 5.43 Å². The number of pyridine rings is 1. The molecule has 1 aliphatic rings. The molecule has 11 heteroatoms. The molecule has 1 amide bonds. The molecule has 33 heavy (non-hydrogen) atoms. The van der Waals surface area contributed by atoms with Crippen LogP contribution in [-0.4, -0.2) is 42.9 Å². The summed E-state index contributed by atoms with van der Waals surface area (Å²) in [7, 11) is 1.17. The fourth-order valence-corrected chi connectivity index (χ4v) is 3.46. The first-order valence-corrected chi connectivity index (χ1v) is 10.2. The summed E-state index contributed by atoms with van der Waals surface area (Å²) in [5, 5.41) is 2.25. The van der Waals surface area contributed by atoms with Crippen LogP contribution < -0.4 is 15.5 Å². The first-order chi connectivity index (χ1) is 15.6. The van der Waals surface area contributed by atoms with Gasteiger partial charge in [-0.1, -0.05) is 0 Å². The van der Waals surface area contributed by atoms with Crippen LogP contribution in [0.4, 0.5) is 13.2 Å². The van der Waals surface area contributed by atoms with Crippen LogP contribution in [0.2, 0.25) is 0 Å². The van der Waals surface area contributed by atoms with E-state index in [0.717, 1.165) is 0 Å². The van der Waals surface area contributed by atoms with Gasteiger partial charge in [-0.15, -0.1) is 0 Å². The Labute approximate surface area is 187 Å². The normalized spacial score (nSPS) is 15.5. The highest BCUT2D eigenvalue weighted by Gasteiger charge is 2.31. The Kier molecular flexibility index (Phi) is 7.42. The minimum Gasteiger partial charge on any atom is -0.491 e. The standard InChI is InChI=1S/C22H23F3N2O6/c1-11(2)33-22(30)18-20(31-3)19(28)15(9-27(18)13-4-5-32-10-13)21(29)26-8-14-16(24)6-12(23)7-17(14)25/h6-7,9,11,13H,4-5,8,10H2,1-3H3,(H,26,29)/t13-/m1/s1. The van der Waals surface area contributed by atoms with E-state index in [9.17, 15) is 27.6 Å². The molecule has 1 fully saturated rings. The number of hydrogen-bond donors (Lipinski definition) is 1. The molecule has 0 spiro atoms. The maximum atomic E-state index is 13.9. The van der Waals surface area contributed by atoms with Gasteiger partial charge in [0, 0.05) is 37.0 Å². The summed E-state index contributed by atoms with van der Waals surface area (Å²) in [5.41, 5.74) is -2.05. The summed E-state index contributed by atoms with van der Waals surface area (Å²) >= 11 is 0. The van der Waals surface area contributed by atoms with Gasteiger partial charge >= 0.3 is 5.97 Å². The minimum absolute atomic E-state index is 0.168. The quantitative estimate of drug-likeness (QED) is 0.628. The van der Waals surface area contributed by atoms with Crippen LogP contribution in [0.25, 0.3) is 0 Å². The second kappa shape index (κ2) is 10.1. The number of halogens is 3. The van der Waals surface area contributed by atoms with Crippen LogP contribution in [0.15, 0.2) is 23.1 Å². The SMILES string of the molecule is COc1c(C(=O)OC(C)C)n([C@@H]2CCOC2)cc(C(=O)NCc2c(F)cc(F)cc2F)c1=O. The van der Waals surface area contributed by atoms with Gasteiger partial charge in [-0.05, 0) is 20.3 Å². The van der Waals surface area contributed by atoms with E-state index in [1.807, 2.05) is 0 Å². The van der Waals surface area contributed by atoms with Gasteiger partial charge in [0.25, 0.3) is 5.91 Å².